The van der Waals surface area contributed by atoms with Crippen molar-refractivity contribution in [1.29, 1.82) is 0 Å². The lowest BCUT2D eigenvalue weighted by molar-refractivity contribution is -0.139. The maximum atomic E-state index is 13.3. The molecule has 1 N–H and O–H groups in total. The number of hydrogen-bond acceptors (Lipinski definition) is 4. The summed E-state index contributed by atoms with van der Waals surface area (Å²) in [5, 5.41) is 2.81. The predicted octanol–water partition coefficient (Wildman–Crippen LogP) is 3.00. The molecule has 0 aromatic heterocycles. The first kappa shape index (κ1) is 25.1. The second-order valence-electron chi connectivity index (χ2n) is 7.22. The van der Waals surface area contributed by atoms with Crippen molar-refractivity contribution in [2.45, 2.75) is 32.9 Å². The van der Waals surface area contributed by atoms with Crippen LogP contribution >= 0.6 is 22.6 Å². The summed E-state index contributed by atoms with van der Waals surface area (Å²) in [6.45, 7) is 3.92. The number of hydrogen-bond donors (Lipinski definition) is 1. The Morgan fingerprint density at radius 1 is 1.06 bits per heavy atom. The van der Waals surface area contributed by atoms with Crippen molar-refractivity contribution in [2.24, 2.45) is 0 Å². The van der Waals surface area contributed by atoms with Crippen molar-refractivity contribution in [3.63, 3.8) is 0 Å². The Labute approximate surface area is 198 Å². The zero-order chi connectivity index (χ0) is 23.0. The summed E-state index contributed by atoms with van der Waals surface area (Å²) in [4.78, 5) is 27.3. The molecule has 0 bridgehead atoms. The van der Waals surface area contributed by atoms with Crippen LogP contribution in [0.4, 0.5) is 5.69 Å². The van der Waals surface area contributed by atoms with Gasteiger partial charge in [0.2, 0.25) is 21.8 Å². The van der Waals surface area contributed by atoms with Crippen molar-refractivity contribution in [3.05, 3.63) is 63.7 Å². The first-order valence-corrected chi connectivity index (χ1v) is 12.9. The normalized spacial score (nSPS) is 12.1. The van der Waals surface area contributed by atoms with Crippen LogP contribution in [-0.4, -0.2) is 50.5 Å². The van der Waals surface area contributed by atoms with Crippen LogP contribution in [0.15, 0.2) is 54.6 Å². The first-order chi connectivity index (χ1) is 14.6. The fraction of sp³-hybridized carbons (Fsp3) is 0.364. The molecule has 1 atom stereocenters. The van der Waals surface area contributed by atoms with Gasteiger partial charge in [0.25, 0.3) is 0 Å². The average Bonchev–Trinajstić information content (AvgIpc) is 2.74. The van der Waals surface area contributed by atoms with Gasteiger partial charge in [-0.2, -0.15) is 0 Å². The number of anilines is 1. The van der Waals surface area contributed by atoms with Crippen molar-refractivity contribution in [3.8, 4) is 0 Å². The minimum Gasteiger partial charge on any atom is -0.354 e. The summed E-state index contributed by atoms with van der Waals surface area (Å²) >= 11 is 2.13. The number of benzene rings is 2. The Morgan fingerprint density at radius 3 is 2.23 bits per heavy atom. The van der Waals surface area contributed by atoms with Crippen LogP contribution in [0.25, 0.3) is 0 Å². The van der Waals surface area contributed by atoms with Crippen LogP contribution in [-0.2, 0) is 26.2 Å². The summed E-state index contributed by atoms with van der Waals surface area (Å²) in [5.74, 6) is -0.724. The van der Waals surface area contributed by atoms with E-state index >= 15 is 0 Å². The SMILES string of the molecule is CCCNC(=O)[C@H](C)N(Cc1ccccc1)C(=O)CN(c1ccc(I)cc1)S(C)(=O)=O. The molecule has 0 unspecified atom stereocenters. The van der Waals surface area contributed by atoms with Gasteiger partial charge in [0.05, 0.1) is 11.9 Å². The topological polar surface area (TPSA) is 86.8 Å². The minimum atomic E-state index is -3.71. The van der Waals surface area contributed by atoms with Crippen molar-refractivity contribution >= 4 is 50.1 Å². The van der Waals surface area contributed by atoms with Gasteiger partial charge < -0.3 is 10.2 Å². The van der Waals surface area contributed by atoms with Crippen LogP contribution in [0.3, 0.4) is 0 Å². The second kappa shape index (κ2) is 11.5. The molecule has 0 spiro atoms. The lowest BCUT2D eigenvalue weighted by atomic mass is 10.1. The van der Waals surface area contributed by atoms with Gasteiger partial charge in [-0.15, -0.1) is 0 Å². The molecule has 31 heavy (non-hydrogen) atoms. The highest BCUT2D eigenvalue weighted by Gasteiger charge is 2.29. The van der Waals surface area contributed by atoms with E-state index in [-0.39, 0.29) is 12.5 Å². The molecule has 2 aromatic rings. The van der Waals surface area contributed by atoms with E-state index < -0.39 is 28.5 Å². The molecule has 0 fully saturated rings. The van der Waals surface area contributed by atoms with E-state index in [0.717, 1.165) is 26.1 Å². The molecule has 0 aliphatic carbocycles. The second-order valence-corrected chi connectivity index (χ2v) is 10.4. The maximum absolute atomic E-state index is 13.3. The summed E-state index contributed by atoms with van der Waals surface area (Å²) in [5.41, 5.74) is 1.25. The quantitative estimate of drug-likeness (QED) is 0.456. The molecule has 9 heteroatoms. The van der Waals surface area contributed by atoms with Gasteiger partial charge in [-0.25, -0.2) is 8.42 Å². The van der Waals surface area contributed by atoms with Gasteiger partial charge in [0.1, 0.15) is 12.6 Å². The lowest BCUT2D eigenvalue weighted by Gasteiger charge is -2.31. The molecule has 0 heterocycles. The molecule has 0 aliphatic rings. The third-order valence-electron chi connectivity index (χ3n) is 4.71. The monoisotopic (exact) mass is 557 g/mol. The molecule has 168 valence electrons. The highest BCUT2D eigenvalue weighted by Crippen LogP contribution is 2.20. The molecule has 2 amide bonds. The van der Waals surface area contributed by atoms with Crippen LogP contribution in [0.2, 0.25) is 0 Å². The molecule has 0 aliphatic heterocycles. The zero-order valence-corrected chi connectivity index (χ0v) is 20.9. The minimum absolute atomic E-state index is 0.199. The van der Waals surface area contributed by atoms with E-state index in [4.69, 9.17) is 0 Å². The molecule has 7 nitrogen and oxygen atoms in total. The molecule has 2 rings (SSSR count). The average molecular weight is 557 g/mol. The fourth-order valence-electron chi connectivity index (χ4n) is 2.98. The largest absolute Gasteiger partial charge is 0.354 e. The van der Waals surface area contributed by atoms with Gasteiger partial charge in [-0.1, -0.05) is 37.3 Å². The van der Waals surface area contributed by atoms with E-state index in [1.807, 2.05) is 37.3 Å². The molecular formula is C22H28IN3O4S. The first-order valence-electron chi connectivity index (χ1n) is 9.98. The van der Waals surface area contributed by atoms with Crippen LogP contribution in [0.5, 0.6) is 0 Å². The molecule has 0 radical (unpaired) electrons. The number of carbonyl (C=O) groups excluding carboxylic acids is 2. The van der Waals surface area contributed by atoms with Gasteiger partial charge in [0.15, 0.2) is 0 Å². The van der Waals surface area contributed by atoms with E-state index in [1.54, 1.807) is 31.2 Å². The lowest BCUT2D eigenvalue weighted by Crippen LogP contribution is -2.51. The number of carbonyl (C=O) groups is 2. The highest BCUT2D eigenvalue weighted by atomic mass is 127. The van der Waals surface area contributed by atoms with Gasteiger partial charge in [-0.3, -0.25) is 13.9 Å². The Bertz CT molecular complexity index is 982. The predicted molar refractivity (Wildman–Crippen MR) is 131 cm³/mol. The summed E-state index contributed by atoms with van der Waals surface area (Å²) in [7, 11) is -3.71. The number of halogens is 1. The molecular weight excluding hydrogens is 529 g/mol. The summed E-state index contributed by atoms with van der Waals surface area (Å²) in [6.07, 6.45) is 1.84. The number of rotatable bonds is 10. The van der Waals surface area contributed by atoms with Crippen LogP contribution in [0.1, 0.15) is 25.8 Å². The van der Waals surface area contributed by atoms with Gasteiger partial charge >= 0.3 is 0 Å². The third-order valence-corrected chi connectivity index (χ3v) is 6.57. The highest BCUT2D eigenvalue weighted by molar-refractivity contribution is 14.1. The standard InChI is InChI=1S/C22H28IN3O4S/c1-4-14-24-22(28)17(2)25(15-18-8-6-5-7-9-18)21(27)16-26(31(3,29)30)20-12-10-19(23)11-13-20/h5-13,17H,4,14-16H2,1-3H3,(H,24,28)/t17-/m0/s1. The van der Waals surface area contributed by atoms with Crippen molar-refractivity contribution < 1.29 is 18.0 Å². The number of nitrogens with one attached hydrogen (secondary N) is 1. The molecule has 0 saturated heterocycles. The Kier molecular flexibility index (Phi) is 9.30. The van der Waals surface area contributed by atoms with E-state index in [9.17, 15) is 18.0 Å². The van der Waals surface area contributed by atoms with Crippen molar-refractivity contribution in [2.75, 3.05) is 23.7 Å². The van der Waals surface area contributed by atoms with E-state index in [2.05, 4.69) is 27.9 Å². The number of amides is 2. The fourth-order valence-corrected chi connectivity index (χ4v) is 4.19. The van der Waals surface area contributed by atoms with Gasteiger partial charge in [0, 0.05) is 16.7 Å². The Morgan fingerprint density at radius 2 is 1.68 bits per heavy atom. The molecule has 0 saturated carbocycles. The third kappa shape index (κ3) is 7.49. The maximum Gasteiger partial charge on any atom is 0.244 e. The van der Waals surface area contributed by atoms with E-state index in [1.165, 1.54) is 4.90 Å². The van der Waals surface area contributed by atoms with E-state index in [0.29, 0.717) is 12.2 Å². The number of nitrogens with zero attached hydrogens (tertiary/aromatic N) is 2. The van der Waals surface area contributed by atoms with Crippen LogP contribution in [0, 0.1) is 3.57 Å². The van der Waals surface area contributed by atoms with Crippen molar-refractivity contribution in [1.82, 2.24) is 10.2 Å². The molecule has 2 aromatic carbocycles. The van der Waals surface area contributed by atoms with Gasteiger partial charge in [-0.05, 0) is 65.8 Å². The smallest absolute Gasteiger partial charge is 0.244 e. The number of sulfonamides is 1. The zero-order valence-electron chi connectivity index (χ0n) is 17.9. The summed E-state index contributed by atoms with van der Waals surface area (Å²) in [6, 6.07) is 15.4. The van der Waals surface area contributed by atoms with Crippen LogP contribution < -0.4 is 9.62 Å². The Balaban J connectivity index is 2.32. The summed E-state index contributed by atoms with van der Waals surface area (Å²) < 4.78 is 26.9. The Hall–Kier alpha value is -2.14.